The normalized spacial score (nSPS) is 30.2. The molecule has 4 atom stereocenters. The van der Waals surface area contributed by atoms with Gasteiger partial charge in [-0.15, -0.1) is 0 Å². The fourth-order valence-corrected chi connectivity index (χ4v) is 2.35. The van der Waals surface area contributed by atoms with Crippen molar-refractivity contribution in [3.63, 3.8) is 0 Å². The highest BCUT2D eigenvalue weighted by molar-refractivity contribution is 6.28. The van der Waals surface area contributed by atoms with E-state index in [2.05, 4.69) is 15.0 Å². The molecule has 1 saturated heterocycles. The van der Waals surface area contributed by atoms with Gasteiger partial charge in [0.1, 0.15) is 17.7 Å². The Balaban J connectivity index is 2.07. The molecule has 3 heterocycles. The minimum atomic E-state index is -1.74. The Morgan fingerprint density at radius 1 is 1.50 bits per heavy atom. The molecule has 4 N–H and O–H groups in total. The summed E-state index contributed by atoms with van der Waals surface area (Å²) < 4.78 is 20.6. The fraction of sp³-hybridized carbons (Fsp3) is 0.500. The third kappa shape index (κ3) is 1.90. The molecular formula is C10H11ClFN5O3. The second-order valence-corrected chi connectivity index (χ2v) is 4.72. The van der Waals surface area contributed by atoms with Gasteiger partial charge in [-0.3, -0.25) is 4.57 Å². The van der Waals surface area contributed by atoms with Crippen LogP contribution in [0.25, 0.3) is 11.2 Å². The van der Waals surface area contributed by atoms with E-state index in [4.69, 9.17) is 27.2 Å². The molecule has 0 unspecified atom stereocenters. The molecule has 1 fully saturated rings. The lowest BCUT2D eigenvalue weighted by Crippen LogP contribution is -2.30. The van der Waals surface area contributed by atoms with Gasteiger partial charge in [0.15, 0.2) is 23.9 Å². The van der Waals surface area contributed by atoms with Gasteiger partial charge in [-0.25, -0.2) is 9.37 Å². The Kier molecular flexibility index (Phi) is 3.21. The number of nitrogen functional groups attached to an aromatic ring is 1. The standard InChI is InChI=1S/C10H11ClFN5O3/c11-10-15-7(13)5-8(16-10)17(2-14-5)9-4(12)6(19)3(1-18)20-9/h2-4,6,9,18-19H,1H2,(H2,13,15,16)/t3-,4+,6+,9-/m1/s1. The minimum absolute atomic E-state index is 0.0615. The number of imidazole rings is 1. The quantitative estimate of drug-likeness (QED) is 0.649. The number of fused-ring (bicyclic) bond motifs is 1. The molecule has 0 saturated carbocycles. The molecule has 8 nitrogen and oxygen atoms in total. The van der Waals surface area contributed by atoms with Crippen LogP contribution in [-0.2, 0) is 4.74 Å². The molecule has 1 aliphatic rings. The van der Waals surface area contributed by atoms with Gasteiger partial charge in [0.2, 0.25) is 5.28 Å². The van der Waals surface area contributed by atoms with Crippen LogP contribution < -0.4 is 5.73 Å². The molecule has 0 aliphatic carbocycles. The number of aliphatic hydroxyl groups is 2. The number of aromatic nitrogens is 4. The Labute approximate surface area is 117 Å². The summed E-state index contributed by atoms with van der Waals surface area (Å²) in [5.74, 6) is 0.0615. The fourth-order valence-electron chi connectivity index (χ4n) is 2.18. The highest BCUT2D eigenvalue weighted by Crippen LogP contribution is 2.34. The predicted molar refractivity (Wildman–Crippen MR) is 66.6 cm³/mol. The molecule has 108 valence electrons. The van der Waals surface area contributed by atoms with Gasteiger partial charge in [-0.2, -0.15) is 9.97 Å². The Bertz CT molecular complexity index is 653. The maximum absolute atomic E-state index is 14.1. The van der Waals surface area contributed by atoms with Crippen molar-refractivity contribution in [2.75, 3.05) is 12.3 Å². The van der Waals surface area contributed by atoms with E-state index >= 15 is 0 Å². The maximum atomic E-state index is 14.1. The summed E-state index contributed by atoms with van der Waals surface area (Å²) in [4.78, 5) is 11.7. The average Bonchev–Trinajstić information content (AvgIpc) is 2.93. The van der Waals surface area contributed by atoms with Crippen LogP contribution in [0.15, 0.2) is 6.33 Å². The Morgan fingerprint density at radius 2 is 2.25 bits per heavy atom. The van der Waals surface area contributed by atoms with E-state index in [-0.39, 0.29) is 22.3 Å². The topological polar surface area (TPSA) is 119 Å². The highest BCUT2D eigenvalue weighted by atomic mass is 35.5. The van der Waals surface area contributed by atoms with E-state index in [1.165, 1.54) is 10.9 Å². The lowest BCUT2D eigenvalue weighted by Gasteiger charge is -2.15. The van der Waals surface area contributed by atoms with Crippen LogP contribution >= 0.6 is 11.6 Å². The van der Waals surface area contributed by atoms with Crippen molar-refractivity contribution in [2.24, 2.45) is 0 Å². The summed E-state index contributed by atoms with van der Waals surface area (Å²) in [7, 11) is 0. The van der Waals surface area contributed by atoms with Gasteiger partial charge in [0.05, 0.1) is 12.9 Å². The van der Waals surface area contributed by atoms with Crippen LogP contribution in [0.5, 0.6) is 0 Å². The lowest BCUT2D eigenvalue weighted by atomic mass is 10.1. The third-order valence-corrected chi connectivity index (χ3v) is 3.34. The van der Waals surface area contributed by atoms with Gasteiger partial charge in [0, 0.05) is 0 Å². The molecule has 0 radical (unpaired) electrons. The number of nitrogens with two attached hydrogens (primary N) is 1. The molecule has 0 amide bonds. The van der Waals surface area contributed by atoms with Crippen LogP contribution in [-0.4, -0.2) is 54.7 Å². The monoisotopic (exact) mass is 303 g/mol. The van der Waals surface area contributed by atoms with Crippen molar-refractivity contribution in [1.82, 2.24) is 19.5 Å². The number of alkyl halides is 1. The van der Waals surface area contributed by atoms with E-state index < -0.39 is 31.2 Å². The highest BCUT2D eigenvalue weighted by Gasteiger charge is 2.45. The predicted octanol–water partition coefficient (Wildman–Crippen LogP) is -0.349. The van der Waals surface area contributed by atoms with E-state index in [1.807, 2.05) is 0 Å². The molecule has 3 rings (SSSR count). The van der Waals surface area contributed by atoms with Crippen LogP contribution in [0.4, 0.5) is 10.2 Å². The molecule has 0 bridgehead atoms. The van der Waals surface area contributed by atoms with E-state index in [1.54, 1.807) is 0 Å². The molecule has 2 aromatic rings. The van der Waals surface area contributed by atoms with Crippen molar-refractivity contribution >= 4 is 28.6 Å². The van der Waals surface area contributed by atoms with Gasteiger partial charge >= 0.3 is 0 Å². The van der Waals surface area contributed by atoms with E-state index in [0.29, 0.717) is 0 Å². The SMILES string of the molecule is Nc1nc(Cl)nc2c1ncn2[C@@H]1O[C@H](CO)[C@H](O)[C@@H]1F. The first-order chi connectivity index (χ1) is 9.52. The zero-order valence-electron chi connectivity index (χ0n) is 10.0. The van der Waals surface area contributed by atoms with Crippen molar-refractivity contribution in [3.8, 4) is 0 Å². The van der Waals surface area contributed by atoms with Crippen LogP contribution in [0.3, 0.4) is 0 Å². The molecule has 2 aromatic heterocycles. The summed E-state index contributed by atoms with van der Waals surface area (Å²) in [6.07, 6.45) is -4.08. The van der Waals surface area contributed by atoms with E-state index in [9.17, 15) is 9.50 Å². The van der Waals surface area contributed by atoms with Crippen molar-refractivity contribution < 1.29 is 19.3 Å². The second kappa shape index (κ2) is 4.77. The van der Waals surface area contributed by atoms with Crippen molar-refractivity contribution in [1.29, 1.82) is 0 Å². The number of nitrogens with zero attached hydrogens (tertiary/aromatic N) is 4. The number of anilines is 1. The molecular weight excluding hydrogens is 293 g/mol. The van der Waals surface area contributed by atoms with Gasteiger partial charge < -0.3 is 20.7 Å². The smallest absolute Gasteiger partial charge is 0.226 e. The summed E-state index contributed by atoms with van der Waals surface area (Å²) in [6.45, 7) is -0.497. The van der Waals surface area contributed by atoms with Crippen molar-refractivity contribution in [3.05, 3.63) is 11.6 Å². The summed E-state index contributed by atoms with van der Waals surface area (Å²) in [5, 5.41) is 18.6. The number of hydrogen-bond acceptors (Lipinski definition) is 7. The average molecular weight is 304 g/mol. The number of aliphatic hydroxyl groups excluding tert-OH is 2. The Hall–Kier alpha value is -1.55. The molecule has 1 aliphatic heterocycles. The van der Waals surface area contributed by atoms with Gasteiger partial charge in [0.25, 0.3) is 0 Å². The first-order valence-electron chi connectivity index (χ1n) is 5.77. The number of ether oxygens (including phenoxy) is 1. The summed E-state index contributed by atoms with van der Waals surface area (Å²) >= 11 is 5.71. The molecule has 10 heteroatoms. The van der Waals surface area contributed by atoms with Crippen LogP contribution in [0.2, 0.25) is 5.28 Å². The lowest BCUT2D eigenvalue weighted by molar-refractivity contribution is -0.0459. The second-order valence-electron chi connectivity index (χ2n) is 4.38. The first-order valence-corrected chi connectivity index (χ1v) is 6.14. The van der Waals surface area contributed by atoms with Gasteiger partial charge in [-0.1, -0.05) is 0 Å². The largest absolute Gasteiger partial charge is 0.394 e. The number of rotatable bonds is 2. The van der Waals surface area contributed by atoms with Crippen LogP contribution in [0, 0.1) is 0 Å². The van der Waals surface area contributed by atoms with Gasteiger partial charge in [-0.05, 0) is 11.6 Å². The van der Waals surface area contributed by atoms with Crippen LogP contribution in [0.1, 0.15) is 6.23 Å². The molecule has 0 aromatic carbocycles. The molecule has 20 heavy (non-hydrogen) atoms. The number of hydrogen-bond donors (Lipinski definition) is 3. The summed E-state index contributed by atoms with van der Waals surface area (Å²) in [5.41, 5.74) is 6.10. The zero-order valence-corrected chi connectivity index (χ0v) is 10.8. The van der Waals surface area contributed by atoms with E-state index in [0.717, 1.165) is 0 Å². The minimum Gasteiger partial charge on any atom is -0.394 e. The van der Waals surface area contributed by atoms with Crippen molar-refractivity contribution in [2.45, 2.75) is 24.6 Å². The zero-order chi connectivity index (χ0) is 14.4. The third-order valence-electron chi connectivity index (χ3n) is 3.17. The Morgan fingerprint density at radius 3 is 2.90 bits per heavy atom. The molecule has 0 spiro atoms. The number of halogens is 2. The summed E-state index contributed by atoms with van der Waals surface area (Å²) in [6, 6.07) is 0. The first kappa shape index (κ1) is 13.4. The maximum Gasteiger partial charge on any atom is 0.226 e.